The van der Waals surface area contributed by atoms with Crippen LogP contribution in [0.25, 0.3) is 16.9 Å². The molecule has 2 aromatic heterocycles. The predicted octanol–water partition coefficient (Wildman–Crippen LogP) is 5.16. The molecule has 0 aliphatic heterocycles. The molecule has 0 spiro atoms. The van der Waals surface area contributed by atoms with Crippen molar-refractivity contribution in [3.63, 3.8) is 0 Å². The fourth-order valence-corrected chi connectivity index (χ4v) is 3.25. The molecule has 0 aliphatic rings. The molecule has 7 nitrogen and oxygen atoms in total. The highest BCUT2D eigenvalue weighted by Crippen LogP contribution is 2.27. The van der Waals surface area contributed by atoms with Gasteiger partial charge in [0.15, 0.2) is 5.69 Å². The largest absolute Gasteiger partial charge is 0.461 e. The van der Waals surface area contributed by atoms with E-state index < -0.39 is 5.97 Å². The van der Waals surface area contributed by atoms with Gasteiger partial charge in [0.2, 0.25) is 0 Å². The zero-order valence-electron chi connectivity index (χ0n) is 17.5. The third-order valence-electron chi connectivity index (χ3n) is 4.67. The zero-order chi connectivity index (χ0) is 23.4. The smallest absolute Gasteiger partial charge is 0.358 e. The van der Waals surface area contributed by atoms with Crippen LogP contribution in [0.2, 0.25) is 5.15 Å². The predicted molar refractivity (Wildman–Crippen MR) is 122 cm³/mol. The lowest BCUT2D eigenvalue weighted by atomic mass is 10.1. The van der Waals surface area contributed by atoms with Gasteiger partial charge >= 0.3 is 5.97 Å². The van der Waals surface area contributed by atoms with Crippen LogP contribution in [0.15, 0.2) is 72.9 Å². The summed E-state index contributed by atoms with van der Waals surface area (Å²) < 4.78 is 20.0. The van der Waals surface area contributed by atoms with Crippen LogP contribution in [-0.2, 0) is 4.74 Å². The van der Waals surface area contributed by atoms with Crippen molar-refractivity contribution < 1.29 is 18.7 Å². The Balaban J connectivity index is 1.70. The van der Waals surface area contributed by atoms with Gasteiger partial charge in [0, 0.05) is 17.4 Å². The summed E-state index contributed by atoms with van der Waals surface area (Å²) in [5, 5.41) is 7.47. The minimum absolute atomic E-state index is 0.109. The molecule has 4 aromatic rings. The molecule has 1 N–H and O–H groups in total. The van der Waals surface area contributed by atoms with E-state index in [1.807, 2.05) is 6.07 Å². The molecule has 0 fully saturated rings. The maximum absolute atomic E-state index is 13.4. The fraction of sp³-hybridized carbons (Fsp3) is 0.0833. The maximum Gasteiger partial charge on any atom is 0.358 e. The zero-order valence-corrected chi connectivity index (χ0v) is 18.2. The Bertz CT molecular complexity index is 1300. The molecule has 33 heavy (non-hydrogen) atoms. The summed E-state index contributed by atoms with van der Waals surface area (Å²) in [7, 11) is 0. The lowest BCUT2D eigenvalue weighted by Gasteiger charge is -2.10. The van der Waals surface area contributed by atoms with Gasteiger partial charge in [0.1, 0.15) is 11.0 Å². The van der Waals surface area contributed by atoms with E-state index in [9.17, 15) is 14.0 Å². The number of nitrogens with zero attached hydrogens (tertiary/aromatic N) is 3. The van der Waals surface area contributed by atoms with E-state index in [4.69, 9.17) is 16.3 Å². The fourth-order valence-electron chi connectivity index (χ4n) is 3.14. The summed E-state index contributed by atoms with van der Waals surface area (Å²) >= 11 is 5.78. The number of nitrogens with one attached hydrogen (secondary N) is 1. The number of hydrogen-bond donors (Lipinski definition) is 1. The summed E-state index contributed by atoms with van der Waals surface area (Å²) in [6.07, 6.45) is 1.39. The van der Waals surface area contributed by atoms with Crippen LogP contribution < -0.4 is 5.32 Å². The Morgan fingerprint density at radius 1 is 1.09 bits per heavy atom. The van der Waals surface area contributed by atoms with Gasteiger partial charge in [-0.25, -0.2) is 18.9 Å². The summed E-state index contributed by atoms with van der Waals surface area (Å²) in [6, 6.07) is 17.5. The number of ether oxygens (including phenoxy) is 1. The van der Waals surface area contributed by atoms with Crippen molar-refractivity contribution >= 4 is 29.2 Å². The van der Waals surface area contributed by atoms with Gasteiger partial charge in [-0.1, -0.05) is 23.7 Å². The number of halogens is 2. The number of aromatic nitrogens is 3. The Kier molecular flexibility index (Phi) is 6.46. The standard InChI is InChI=1S/C24H18ClFN4O3/c1-2-33-24(32)20-13-21(30(29-20)19-9-7-17(26)8-10-19)15-4-3-5-18(12-15)28-23(31)16-6-11-22(25)27-14-16/h3-14H,2H2,1H3,(H,28,31). The molecular formula is C24H18ClFN4O3. The van der Waals surface area contributed by atoms with Crippen LogP contribution in [0.4, 0.5) is 10.1 Å². The number of rotatable bonds is 6. The minimum atomic E-state index is -0.570. The number of benzene rings is 2. The van der Waals surface area contributed by atoms with E-state index in [2.05, 4.69) is 15.4 Å². The topological polar surface area (TPSA) is 86.1 Å². The van der Waals surface area contributed by atoms with E-state index in [0.29, 0.717) is 33.3 Å². The monoisotopic (exact) mass is 464 g/mol. The van der Waals surface area contributed by atoms with Gasteiger partial charge < -0.3 is 10.1 Å². The number of hydrogen-bond acceptors (Lipinski definition) is 5. The number of anilines is 1. The van der Waals surface area contributed by atoms with Crippen LogP contribution >= 0.6 is 11.6 Å². The Morgan fingerprint density at radius 2 is 1.88 bits per heavy atom. The third kappa shape index (κ3) is 5.07. The molecule has 0 bridgehead atoms. The molecule has 0 saturated carbocycles. The van der Waals surface area contributed by atoms with Crippen molar-refractivity contribution in [2.75, 3.05) is 11.9 Å². The molecule has 0 aliphatic carbocycles. The third-order valence-corrected chi connectivity index (χ3v) is 4.89. The number of pyridine rings is 1. The first-order valence-electron chi connectivity index (χ1n) is 10.0. The Morgan fingerprint density at radius 3 is 2.58 bits per heavy atom. The second-order valence-electron chi connectivity index (χ2n) is 6.93. The SMILES string of the molecule is CCOC(=O)c1cc(-c2cccc(NC(=O)c3ccc(Cl)nc3)c2)n(-c2ccc(F)cc2)n1. The van der Waals surface area contributed by atoms with Crippen LogP contribution in [0, 0.1) is 5.82 Å². The number of esters is 1. The number of carbonyl (C=O) groups excluding carboxylic acids is 2. The molecular weight excluding hydrogens is 447 g/mol. The molecule has 2 aromatic carbocycles. The van der Waals surface area contributed by atoms with Crippen molar-refractivity contribution in [2.45, 2.75) is 6.92 Å². The number of amides is 1. The molecule has 0 radical (unpaired) electrons. The van der Waals surface area contributed by atoms with E-state index in [0.717, 1.165) is 0 Å². The molecule has 9 heteroatoms. The Labute approximate surface area is 193 Å². The highest BCUT2D eigenvalue weighted by molar-refractivity contribution is 6.29. The van der Waals surface area contributed by atoms with Gasteiger partial charge in [0.05, 0.1) is 23.6 Å². The average molecular weight is 465 g/mol. The van der Waals surface area contributed by atoms with Crippen molar-refractivity contribution in [1.82, 2.24) is 14.8 Å². The normalized spacial score (nSPS) is 10.6. The minimum Gasteiger partial charge on any atom is -0.461 e. The van der Waals surface area contributed by atoms with Gasteiger partial charge in [-0.3, -0.25) is 4.79 Å². The van der Waals surface area contributed by atoms with Crippen LogP contribution in [0.1, 0.15) is 27.8 Å². The first-order chi connectivity index (χ1) is 15.9. The van der Waals surface area contributed by atoms with E-state index in [-0.39, 0.29) is 24.0 Å². The van der Waals surface area contributed by atoms with E-state index >= 15 is 0 Å². The molecule has 0 atom stereocenters. The van der Waals surface area contributed by atoms with Crippen molar-refractivity contribution in [3.8, 4) is 16.9 Å². The first-order valence-corrected chi connectivity index (χ1v) is 10.4. The summed E-state index contributed by atoms with van der Waals surface area (Å²) in [4.78, 5) is 28.8. The first kappa shape index (κ1) is 22.2. The molecule has 2 heterocycles. The second kappa shape index (κ2) is 9.62. The maximum atomic E-state index is 13.4. The summed E-state index contributed by atoms with van der Waals surface area (Å²) in [5.41, 5.74) is 2.78. The van der Waals surface area contributed by atoms with Gasteiger partial charge in [0.25, 0.3) is 5.91 Å². The lowest BCUT2D eigenvalue weighted by Crippen LogP contribution is -2.12. The molecule has 0 saturated heterocycles. The average Bonchev–Trinajstić information content (AvgIpc) is 3.26. The van der Waals surface area contributed by atoms with Crippen LogP contribution in [0.3, 0.4) is 0 Å². The van der Waals surface area contributed by atoms with E-state index in [1.54, 1.807) is 49.4 Å². The van der Waals surface area contributed by atoms with Crippen LogP contribution in [-0.4, -0.2) is 33.2 Å². The van der Waals surface area contributed by atoms with Gasteiger partial charge in [-0.2, -0.15) is 5.10 Å². The molecule has 1 amide bonds. The second-order valence-corrected chi connectivity index (χ2v) is 7.32. The molecule has 4 rings (SSSR count). The van der Waals surface area contributed by atoms with E-state index in [1.165, 1.54) is 29.1 Å². The van der Waals surface area contributed by atoms with Crippen molar-refractivity contribution in [1.29, 1.82) is 0 Å². The van der Waals surface area contributed by atoms with Gasteiger partial charge in [-0.05, 0) is 61.5 Å². The van der Waals surface area contributed by atoms with Crippen molar-refractivity contribution in [3.05, 3.63) is 95.2 Å². The lowest BCUT2D eigenvalue weighted by molar-refractivity contribution is 0.0519. The number of carbonyl (C=O) groups is 2. The molecule has 166 valence electrons. The summed E-state index contributed by atoms with van der Waals surface area (Å²) in [5.74, 6) is -1.31. The highest BCUT2D eigenvalue weighted by Gasteiger charge is 2.18. The quantitative estimate of drug-likeness (QED) is 0.315. The van der Waals surface area contributed by atoms with Gasteiger partial charge in [-0.15, -0.1) is 0 Å². The van der Waals surface area contributed by atoms with Crippen LogP contribution in [0.5, 0.6) is 0 Å². The Hall–Kier alpha value is -4.04. The van der Waals surface area contributed by atoms with Crippen molar-refractivity contribution in [2.24, 2.45) is 0 Å². The molecule has 0 unspecified atom stereocenters. The highest BCUT2D eigenvalue weighted by atomic mass is 35.5. The summed E-state index contributed by atoms with van der Waals surface area (Å²) in [6.45, 7) is 1.91.